The number of aliphatic hydroxyl groups is 1. The third kappa shape index (κ3) is 2.61. The molecule has 2 N–H and O–H groups in total. The summed E-state index contributed by atoms with van der Waals surface area (Å²) in [6.07, 6.45) is 0. The quantitative estimate of drug-likeness (QED) is 0.624. The summed E-state index contributed by atoms with van der Waals surface area (Å²) in [6.45, 7) is 1.44. The lowest BCUT2D eigenvalue weighted by Crippen LogP contribution is -2.08. The summed E-state index contributed by atoms with van der Waals surface area (Å²) in [7, 11) is 3.66. The molecule has 4 nitrogen and oxygen atoms in total. The number of benzene rings is 2. The fraction of sp³-hybridized carbons (Fsp3) is 0.167. The van der Waals surface area contributed by atoms with Crippen LogP contribution in [-0.2, 0) is 4.79 Å². The number of nitrogens with one attached hydrogen (secondary N) is 1. The van der Waals surface area contributed by atoms with Gasteiger partial charge in [-0.15, -0.1) is 0 Å². The third-order valence-corrected chi connectivity index (χ3v) is 4.29. The summed E-state index contributed by atoms with van der Waals surface area (Å²) in [5.41, 5.74) is 2.72. The summed E-state index contributed by atoms with van der Waals surface area (Å²) < 4.78 is 14.5. The molecule has 2 aromatic carbocycles. The molecule has 0 spiro atoms. The van der Waals surface area contributed by atoms with E-state index in [0.717, 1.165) is 5.69 Å². The maximum atomic E-state index is 14.5. The van der Waals surface area contributed by atoms with E-state index in [1.807, 2.05) is 14.1 Å². The smallest absolute Gasteiger partial charge is 0.259 e. The Bertz CT molecular complexity index is 887. The van der Waals surface area contributed by atoms with E-state index in [1.54, 1.807) is 29.2 Å². The third-order valence-electron chi connectivity index (χ3n) is 3.97. The molecular formula is C18H16ClFN2O2. The van der Waals surface area contributed by atoms with Crippen molar-refractivity contribution in [2.75, 3.05) is 24.3 Å². The van der Waals surface area contributed by atoms with E-state index in [-0.39, 0.29) is 11.3 Å². The van der Waals surface area contributed by atoms with Crippen LogP contribution in [0.15, 0.2) is 36.1 Å². The zero-order valence-electron chi connectivity index (χ0n) is 13.4. The molecule has 0 atom stereocenters. The molecule has 0 unspecified atom stereocenters. The average molecular weight is 347 g/mol. The average Bonchev–Trinajstić information content (AvgIpc) is 2.81. The van der Waals surface area contributed by atoms with Gasteiger partial charge >= 0.3 is 0 Å². The van der Waals surface area contributed by atoms with Gasteiger partial charge < -0.3 is 15.3 Å². The van der Waals surface area contributed by atoms with Gasteiger partial charge in [0.05, 0.1) is 16.3 Å². The minimum absolute atomic E-state index is 0.0945. The molecule has 1 amide bonds. The van der Waals surface area contributed by atoms with Crippen molar-refractivity contribution in [2.45, 2.75) is 6.92 Å². The fourth-order valence-electron chi connectivity index (χ4n) is 2.76. The SMILES string of the molecule is C/C(O)=C1\C(=O)Nc2cc(Cl)c(-c3ccc(N(C)C)cc3F)cc21. The lowest BCUT2D eigenvalue weighted by Gasteiger charge is -2.15. The Kier molecular flexibility index (Phi) is 3.97. The van der Waals surface area contributed by atoms with Crippen molar-refractivity contribution in [3.8, 4) is 11.1 Å². The molecule has 1 heterocycles. The molecule has 6 heteroatoms. The van der Waals surface area contributed by atoms with Crippen molar-refractivity contribution in [3.63, 3.8) is 0 Å². The number of aliphatic hydroxyl groups excluding tert-OH is 1. The van der Waals surface area contributed by atoms with Gasteiger partial charge in [0.1, 0.15) is 11.6 Å². The van der Waals surface area contributed by atoms with Crippen molar-refractivity contribution >= 4 is 34.5 Å². The van der Waals surface area contributed by atoms with Crippen LogP contribution in [0.3, 0.4) is 0 Å². The lowest BCUT2D eigenvalue weighted by atomic mass is 9.98. The van der Waals surface area contributed by atoms with Gasteiger partial charge in [0.2, 0.25) is 0 Å². The minimum Gasteiger partial charge on any atom is -0.512 e. The normalized spacial score (nSPS) is 15.1. The largest absolute Gasteiger partial charge is 0.512 e. The van der Waals surface area contributed by atoms with Crippen LogP contribution in [0.4, 0.5) is 15.8 Å². The van der Waals surface area contributed by atoms with E-state index in [0.29, 0.717) is 27.4 Å². The van der Waals surface area contributed by atoms with Crippen LogP contribution in [0.5, 0.6) is 0 Å². The Morgan fingerprint density at radius 2 is 1.88 bits per heavy atom. The van der Waals surface area contributed by atoms with Gasteiger partial charge in [0.15, 0.2) is 0 Å². The number of hydrogen-bond donors (Lipinski definition) is 2. The highest BCUT2D eigenvalue weighted by molar-refractivity contribution is 6.36. The number of anilines is 2. The predicted molar refractivity (Wildman–Crippen MR) is 95.0 cm³/mol. The number of rotatable bonds is 2. The predicted octanol–water partition coefficient (Wildman–Crippen LogP) is 4.45. The van der Waals surface area contributed by atoms with Crippen molar-refractivity contribution < 1.29 is 14.3 Å². The molecule has 0 saturated heterocycles. The van der Waals surface area contributed by atoms with Crippen LogP contribution in [0.25, 0.3) is 16.7 Å². The van der Waals surface area contributed by atoms with Gasteiger partial charge in [-0.25, -0.2) is 4.39 Å². The molecule has 1 aliphatic rings. The number of fused-ring (bicyclic) bond motifs is 1. The summed E-state index contributed by atoms with van der Waals surface area (Å²) >= 11 is 6.28. The minimum atomic E-state index is -0.411. The molecule has 24 heavy (non-hydrogen) atoms. The first-order valence-corrected chi connectivity index (χ1v) is 7.69. The van der Waals surface area contributed by atoms with Gasteiger partial charge in [-0.3, -0.25) is 4.79 Å². The first-order chi connectivity index (χ1) is 11.3. The van der Waals surface area contributed by atoms with Gasteiger partial charge in [-0.2, -0.15) is 0 Å². The van der Waals surface area contributed by atoms with Crippen LogP contribution in [-0.4, -0.2) is 25.1 Å². The second-order valence-electron chi connectivity index (χ2n) is 5.85. The number of hydrogen-bond acceptors (Lipinski definition) is 3. The zero-order chi connectivity index (χ0) is 17.6. The van der Waals surface area contributed by atoms with E-state index in [9.17, 15) is 14.3 Å². The molecule has 0 radical (unpaired) electrons. The van der Waals surface area contributed by atoms with Crippen LogP contribution in [0.2, 0.25) is 5.02 Å². The first kappa shape index (κ1) is 16.3. The van der Waals surface area contributed by atoms with Crippen molar-refractivity contribution in [2.24, 2.45) is 0 Å². The summed E-state index contributed by atoms with van der Waals surface area (Å²) in [6, 6.07) is 8.06. The van der Waals surface area contributed by atoms with Crippen LogP contribution >= 0.6 is 11.6 Å². The lowest BCUT2D eigenvalue weighted by molar-refractivity contribution is -0.110. The number of carbonyl (C=O) groups is 1. The molecule has 1 aliphatic heterocycles. The molecule has 0 fully saturated rings. The van der Waals surface area contributed by atoms with Crippen LogP contribution in [0, 0.1) is 5.82 Å². The first-order valence-electron chi connectivity index (χ1n) is 7.32. The van der Waals surface area contributed by atoms with Crippen molar-refractivity contribution in [1.82, 2.24) is 0 Å². The Morgan fingerprint density at radius 3 is 2.46 bits per heavy atom. The highest BCUT2D eigenvalue weighted by Gasteiger charge is 2.28. The van der Waals surface area contributed by atoms with Gasteiger partial charge in [0, 0.05) is 36.5 Å². The van der Waals surface area contributed by atoms with Crippen LogP contribution in [0.1, 0.15) is 12.5 Å². The van der Waals surface area contributed by atoms with Crippen LogP contribution < -0.4 is 10.2 Å². The maximum absolute atomic E-state index is 14.5. The molecule has 0 aliphatic carbocycles. The number of carbonyl (C=O) groups excluding carboxylic acids is 1. The van der Waals surface area contributed by atoms with E-state index < -0.39 is 11.7 Å². The Hall–Kier alpha value is -2.53. The molecular weight excluding hydrogens is 331 g/mol. The van der Waals surface area contributed by atoms with Gasteiger partial charge in [0.25, 0.3) is 5.91 Å². The Labute approximate surface area is 144 Å². The van der Waals surface area contributed by atoms with Crippen molar-refractivity contribution in [3.05, 3.63) is 52.5 Å². The summed E-state index contributed by atoms with van der Waals surface area (Å²) in [5.74, 6) is -0.906. The van der Waals surface area contributed by atoms with Gasteiger partial charge in [-0.05, 0) is 37.3 Å². The highest BCUT2D eigenvalue weighted by atomic mass is 35.5. The highest BCUT2D eigenvalue weighted by Crippen LogP contribution is 2.41. The molecule has 3 rings (SSSR count). The Balaban J connectivity index is 2.18. The van der Waals surface area contributed by atoms with E-state index in [1.165, 1.54) is 13.0 Å². The molecule has 2 aromatic rings. The standard InChI is InChI=1S/C18H16ClFN2O2/c1-9(23)17-13-7-12(14(19)8-16(13)21-18(17)24)11-5-4-10(22(2)3)6-15(11)20/h4-8,23H,1-3H3,(H,21,24)/b17-9+. The molecule has 0 bridgehead atoms. The molecule has 124 valence electrons. The topological polar surface area (TPSA) is 52.6 Å². The summed E-state index contributed by atoms with van der Waals surface area (Å²) in [5, 5.41) is 12.7. The monoisotopic (exact) mass is 346 g/mol. The Morgan fingerprint density at radius 1 is 1.17 bits per heavy atom. The van der Waals surface area contributed by atoms with Crippen molar-refractivity contribution in [1.29, 1.82) is 0 Å². The van der Waals surface area contributed by atoms with E-state index >= 15 is 0 Å². The second kappa shape index (κ2) is 5.83. The fourth-order valence-corrected chi connectivity index (χ4v) is 3.02. The number of nitrogens with zero attached hydrogens (tertiary/aromatic N) is 1. The number of allylic oxidation sites excluding steroid dienone is 1. The molecule has 0 saturated carbocycles. The molecule has 0 aromatic heterocycles. The van der Waals surface area contributed by atoms with E-state index in [4.69, 9.17) is 11.6 Å². The van der Waals surface area contributed by atoms with Gasteiger partial charge in [-0.1, -0.05) is 11.6 Å². The van der Waals surface area contributed by atoms with E-state index in [2.05, 4.69) is 5.32 Å². The number of amides is 1. The summed E-state index contributed by atoms with van der Waals surface area (Å²) in [4.78, 5) is 13.8. The zero-order valence-corrected chi connectivity index (χ0v) is 14.2. The second-order valence-corrected chi connectivity index (χ2v) is 6.26. The maximum Gasteiger partial charge on any atom is 0.259 e. The number of halogens is 2.